The predicted molar refractivity (Wildman–Crippen MR) is 131 cm³/mol. The van der Waals surface area contributed by atoms with Crippen molar-refractivity contribution >= 4 is 35.0 Å². The van der Waals surface area contributed by atoms with E-state index in [1.807, 2.05) is 53.4 Å². The minimum absolute atomic E-state index is 0.0955. The molecule has 4 bridgehead atoms. The molecule has 1 saturated heterocycles. The molecule has 0 spiro atoms. The Kier molecular flexibility index (Phi) is 5.17. The number of carbonyl (C=O) groups is 2. The van der Waals surface area contributed by atoms with Gasteiger partial charge in [-0.15, -0.1) is 11.8 Å². The molecule has 0 radical (unpaired) electrons. The van der Waals surface area contributed by atoms with Crippen molar-refractivity contribution in [2.75, 3.05) is 23.1 Å². The lowest BCUT2D eigenvalue weighted by atomic mass is 9.49. The van der Waals surface area contributed by atoms with E-state index in [-0.39, 0.29) is 22.6 Å². The molecular weight excluding hydrogens is 432 g/mol. The number of ether oxygens (including phenoxy) is 1. The van der Waals surface area contributed by atoms with E-state index >= 15 is 0 Å². The number of methoxy groups -OCH3 is 1. The smallest absolute Gasteiger partial charge is 0.238 e. The van der Waals surface area contributed by atoms with Crippen LogP contribution < -0.4 is 15.0 Å². The van der Waals surface area contributed by atoms with E-state index in [1.54, 1.807) is 18.9 Å². The first kappa shape index (κ1) is 21.1. The molecule has 0 aromatic heterocycles. The molecule has 0 unspecified atom stereocenters. The van der Waals surface area contributed by atoms with Gasteiger partial charge < -0.3 is 10.1 Å². The molecule has 1 atom stereocenters. The number of benzene rings is 2. The van der Waals surface area contributed by atoms with Gasteiger partial charge in [0.15, 0.2) is 0 Å². The van der Waals surface area contributed by atoms with E-state index in [0.29, 0.717) is 5.75 Å². The number of anilines is 2. The maximum atomic E-state index is 13.5. The summed E-state index contributed by atoms with van der Waals surface area (Å²) < 4.78 is 5.26. The summed E-state index contributed by atoms with van der Waals surface area (Å²) in [5.74, 6) is 3.75. The predicted octanol–water partition coefficient (Wildman–Crippen LogP) is 5.63. The van der Waals surface area contributed by atoms with Crippen molar-refractivity contribution < 1.29 is 14.3 Å². The largest absolute Gasteiger partial charge is 0.497 e. The van der Waals surface area contributed by atoms with Gasteiger partial charge in [0.25, 0.3) is 0 Å². The van der Waals surface area contributed by atoms with Crippen LogP contribution in [0.3, 0.4) is 0 Å². The van der Waals surface area contributed by atoms with Crippen molar-refractivity contribution in [1.29, 1.82) is 0 Å². The van der Waals surface area contributed by atoms with E-state index in [1.165, 1.54) is 19.3 Å². The second kappa shape index (κ2) is 8.08. The lowest BCUT2D eigenvalue weighted by Crippen LogP contribution is -2.51. The monoisotopic (exact) mass is 462 g/mol. The topological polar surface area (TPSA) is 58.6 Å². The van der Waals surface area contributed by atoms with E-state index in [4.69, 9.17) is 4.74 Å². The average Bonchev–Trinajstić information content (AvgIpc) is 3.20. The molecule has 6 heteroatoms. The molecule has 1 aliphatic heterocycles. The molecule has 172 valence electrons. The molecule has 7 rings (SSSR count). The zero-order valence-corrected chi connectivity index (χ0v) is 19.8. The van der Waals surface area contributed by atoms with Crippen molar-refractivity contribution in [3.8, 4) is 5.75 Å². The van der Waals surface area contributed by atoms with Gasteiger partial charge in [-0.3, -0.25) is 14.5 Å². The average molecular weight is 463 g/mol. The van der Waals surface area contributed by atoms with Crippen LogP contribution in [0.2, 0.25) is 0 Å². The van der Waals surface area contributed by atoms with Gasteiger partial charge in [-0.2, -0.15) is 0 Å². The zero-order valence-electron chi connectivity index (χ0n) is 19.0. The van der Waals surface area contributed by atoms with Gasteiger partial charge >= 0.3 is 0 Å². The summed E-state index contributed by atoms with van der Waals surface area (Å²) in [4.78, 5) is 28.1. The first-order valence-electron chi connectivity index (χ1n) is 12.0. The summed E-state index contributed by atoms with van der Waals surface area (Å²) >= 11 is 1.62. The Bertz CT molecular complexity index is 1050. The molecule has 4 saturated carbocycles. The Morgan fingerprint density at radius 2 is 1.70 bits per heavy atom. The molecule has 33 heavy (non-hydrogen) atoms. The van der Waals surface area contributed by atoms with Crippen LogP contribution in [-0.2, 0) is 9.59 Å². The second-order valence-corrected chi connectivity index (χ2v) is 11.5. The Morgan fingerprint density at radius 3 is 2.33 bits per heavy atom. The van der Waals surface area contributed by atoms with Gasteiger partial charge in [-0.05, 0) is 98.2 Å². The van der Waals surface area contributed by atoms with Crippen LogP contribution in [0.25, 0.3) is 0 Å². The molecule has 5 nitrogen and oxygen atoms in total. The molecule has 1 N–H and O–H groups in total. The Labute approximate surface area is 199 Å². The van der Waals surface area contributed by atoms with Crippen molar-refractivity contribution in [2.24, 2.45) is 23.2 Å². The molecule has 5 aliphatic rings. The number of thioether (sulfide) groups is 1. The molecule has 2 amide bonds. The lowest BCUT2D eigenvalue weighted by Gasteiger charge is -2.55. The summed E-state index contributed by atoms with van der Waals surface area (Å²) in [7, 11) is 1.64. The first-order valence-corrected chi connectivity index (χ1v) is 13.1. The maximum absolute atomic E-state index is 13.5. The van der Waals surface area contributed by atoms with Crippen LogP contribution in [0, 0.1) is 23.2 Å². The number of amides is 2. The van der Waals surface area contributed by atoms with E-state index < -0.39 is 0 Å². The van der Waals surface area contributed by atoms with Crippen LogP contribution in [0.1, 0.15) is 49.5 Å². The third-order valence-electron chi connectivity index (χ3n) is 8.17. The fourth-order valence-corrected chi connectivity index (χ4v) is 8.28. The van der Waals surface area contributed by atoms with Gasteiger partial charge in [0, 0.05) is 11.4 Å². The third kappa shape index (κ3) is 3.72. The van der Waals surface area contributed by atoms with Crippen molar-refractivity contribution in [2.45, 2.75) is 43.9 Å². The van der Waals surface area contributed by atoms with E-state index in [9.17, 15) is 9.59 Å². The zero-order chi connectivity index (χ0) is 22.6. The standard InChI is InChI=1S/C27H30N2O3S/c1-32-23-7-5-22(6-8-23)29-24(30)16-33-25(29)20-3-2-4-21(12-20)28-26(31)27-13-17-9-18(14-27)11-19(10-17)15-27/h2-8,12,17-19,25H,9-11,13-16H2,1H3,(H,28,31)/t17?,18?,19?,25-,27?/m1/s1. The van der Waals surface area contributed by atoms with E-state index in [0.717, 1.165) is 59.7 Å². The van der Waals surface area contributed by atoms with Crippen LogP contribution in [0.15, 0.2) is 48.5 Å². The van der Waals surface area contributed by atoms with Gasteiger partial charge in [0.2, 0.25) is 11.8 Å². The molecule has 2 aromatic rings. The van der Waals surface area contributed by atoms with Gasteiger partial charge in [-0.1, -0.05) is 12.1 Å². The number of carbonyl (C=O) groups excluding carboxylic acids is 2. The van der Waals surface area contributed by atoms with E-state index in [2.05, 4.69) is 5.32 Å². The summed E-state index contributed by atoms with van der Waals surface area (Å²) in [6.07, 6.45) is 7.16. The lowest BCUT2D eigenvalue weighted by molar-refractivity contribution is -0.140. The van der Waals surface area contributed by atoms with Crippen molar-refractivity contribution in [3.05, 3.63) is 54.1 Å². The highest BCUT2D eigenvalue weighted by molar-refractivity contribution is 8.00. The number of rotatable bonds is 5. The molecule has 1 heterocycles. The Morgan fingerprint density at radius 1 is 1.03 bits per heavy atom. The Hall–Kier alpha value is -2.47. The Balaban J connectivity index is 1.22. The summed E-state index contributed by atoms with van der Waals surface area (Å²) in [6, 6.07) is 15.7. The van der Waals surface area contributed by atoms with Gasteiger partial charge in [0.1, 0.15) is 11.1 Å². The number of nitrogens with one attached hydrogen (secondary N) is 1. The van der Waals surface area contributed by atoms with Crippen LogP contribution in [0.5, 0.6) is 5.75 Å². The van der Waals surface area contributed by atoms with Crippen LogP contribution in [-0.4, -0.2) is 24.7 Å². The fraction of sp³-hybridized carbons (Fsp3) is 0.481. The van der Waals surface area contributed by atoms with Crippen LogP contribution in [0.4, 0.5) is 11.4 Å². The van der Waals surface area contributed by atoms with Gasteiger partial charge in [-0.25, -0.2) is 0 Å². The minimum Gasteiger partial charge on any atom is -0.497 e. The highest BCUT2D eigenvalue weighted by Gasteiger charge is 2.54. The second-order valence-electron chi connectivity index (χ2n) is 10.4. The molecule has 2 aromatic carbocycles. The van der Waals surface area contributed by atoms with Crippen molar-refractivity contribution in [3.63, 3.8) is 0 Å². The summed E-state index contributed by atoms with van der Waals surface area (Å²) in [5.41, 5.74) is 2.56. The minimum atomic E-state index is -0.169. The van der Waals surface area contributed by atoms with Gasteiger partial charge in [0.05, 0.1) is 18.3 Å². The number of hydrogen-bond donors (Lipinski definition) is 1. The first-order chi connectivity index (χ1) is 16.0. The summed E-state index contributed by atoms with van der Waals surface area (Å²) in [5, 5.41) is 3.17. The highest BCUT2D eigenvalue weighted by Crippen LogP contribution is 2.60. The molecule has 5 fully saturated rings. The number of nitrogens with zero attached hydrogens (tertiary/aromatic N) is 1. The molecule has 4 aliphatic carbocycles. The summed E-state index contributed by atoms with van der Waals surface area (Å²) in [6.45, 7) is 0. The van der Waals surface area contributed by atoms with Crippen molar-refractivity contribution in [1.82, 2.24) is 0 Å². The fourth-order valence-electron chi connectivity index (χ4n) is 7.12. The maximum Gasteiger partial charge on any atom is 0.238 e. The van der Waals surface area contributed by atoms with Crippen LogP contribution >= 0.6 is 11.8 Å². The normalized spacial score (nSPS) is 32.3. The highest BCUT2D eigenvalue weighted by atomic mass is 32.2. The third-order valence-corrected chi connectivity index (χ3v) is 9.38. The quantitative estimate of drug-likeness (QED) is 0.626. The molecular formula is C27H30N2O3S. The SMILES string of the molecule is COc1ccc(N2C(=O)CS[C@@H]2c2cccc(NC(=O)C34CC5CC(CC(C5)C3)C4)c2)cc1. The number of hydrogen-bond acceptors (Lipinski definition) is 4.